The third kappa shape index (κ3) is 2.26. The van der Waals surface area contributed by atoms with Gasteiger partial charge in [-0.2, -0.15) is 5.10 Å². The number of anilines is 1. The quantitative estimate of drug-likeness (QED) is 0.656. The number of carbonyl (C=O) groups is 1. The van der Waals surface area contributed by atoms with Gasteiger partial charge in [-0.1, -0.05) is 0 Å². The molecule has 1 heterocycles. The van der Waals surface area contributed by atoms with E-state index in [4.69, 9.17) is 0 Å². The minimum absolute atomic E-state index is 0.136. The number of amides is 1. The molecule has 0 saturated heterocycles. The topological polar surface area (TPSA) is 78.0 Å². The number of rotatable bonds is 2. The lowest BCUT2D eigenvalue weighted by Crippen LogP contribution is -2.11. The van der Waals surface area contributed by atoms with E-state index < -0.39 is 0 Å². The highest BCUT2D eigenvalue weighted by Crippen LogP contribution is 2.18. The molecule has 2 aromatic carbocycles. The van der Waals surface area contributed by atoms with Crippen LogP contribution in [0.3, 0.4) is 0 Å². The van der Waals surface area contributed by atoms with Crippen LogP contribution >= 0.6 is 0 Å². The molecule has 0 fully saturated rings. The molecule has 0 saturated carbocycles. The maximum absolute atomic E-state index is 12.0. The van der Waals surface area contributed by atoms with Crippen LogP contribution in [0, 0.1) is 0 Å². The van der Waals surface area contributed by atoms with Gasteiger partial charge in [0.25, 0.3) is 5.91 Å². The first-order chi connectivity index (χ1) is 9.22. The Morgan fingerprint density at radius 2 is 1.95 bits per heavy atom. The third-order valence-corrected chi connectivity index (χ3v) is 2.83. The number of fused-ring (bicyclic) bond motifs is 1. The van der Waals surface area contributed by atoms with Crippen molar-refractivity contribution in [3.05, 3.63) is 54.2 Å². The number of H-pyrrole nitrogens is 1. The number of aromatic amines is 1. The fraction of sp³-hybridized carbons (Fsp3) is 0. The second-order valence-corrected chi connectivity index (χ2v) is 4.17. The fourth-order valence-electron chi connectivity index (χ4n) is 1.84. The molecular formula is C14H11N3O2. The summed E-state index contributed by atoms with van der Waals surface area (Å²) >= 11 is 0. The Labute approximate surface area is 108 Å². The molecule has 1 amide bonds. The van der Waals surface area contributed by atoms with Gasteiger partial charge in [0.2, 0.25) is 0 Å². The van der Waals surface area contributed by atoms with Crippen LogP contribution in [0.2, 0.25) is 0 Å². The van der Waals surface area contributed by atoms with E-state index in [1.165, 1.54) is 12.1 Å². The number of phenolic OH excluding ortho intramolecular Hbond substituents is 1. The van der Waals surface area contributed by atoms with Gasteiger partial charge in [-0.25, -0.2) is 0 Å². The van der Waals surface area contributed by atoms with Gasteiger partial charge in [0.15, 0.2) is 0 Å². The van der Waals surface area contributed by atoms with Gasteiger partial charge in [-0.3, -0.25) is 9.89 Å². The highest BCUT2D eigenvalue weighted by atomic mass is 16.3. The van der Waals surface area contributed by atoms with E-state index >= 15 is 0 Å². The standard InChI is InChI=1S/C14H11N3O2/c18-12-4-1-9(2-5-12)14(19)16-11-3-6-13-10(7-11)8-15-17-13/h1-8,18H,(H,15,17)(H,16,19). The van der Waals surface area contributed by atoms with Gasteiger partial charge < -0.3 is 10.4 Å². The highest BCUT2D eigenvalue weighted by Gasteiger charge is 2.06. The lowest BCUT2D eigenvalue weighted by Gasteiger charge is -2.05. The lowest BCUT2D eigenvalue weighted by atomic mass is 10.2. The molecule has 1 aromatic heterocycles. The number of phenols is 1. The predicted molar refractivity (Wildman–Crippen MR) is 72.2 cm³/mol. The predicted octanol–water partition coefficient (Wildman–Crippen LogP) is 2.52. The number of aromatic nitrogens is 2. The van der Waals surface area contributed by atoms with Crippen molar-refractivity contribution in [2.45, 2.75) is 0 Å². The number of nitrogens with one attached hydrogen (secondary N) is 2. The smallest absolute Gasteiger partial charge is 0.255 e. The SMILES string of the molecule is O=C(Nc1ccc2[nH]ncc2c1)c1ccc(O)cc1. The van der Waals surface area contributed by atoms with Crippen LogP contribution in [-0.2, 0) is 0 Å². The van der Waals surface area contributed by atoms with Crippen molar-refractivity contribution in [2.24, 2.45) is 0 Å². The molecule has 0 atom stereocenters. The van der Waals surface area contributed by atoms with Gasteiger partial charge in [0, 0.05) is 16.6 Å². The Bertz CT molecular complexity index is 732. The minimum Gasteiger partial charge on any atom is -0.508 e. The molecule has 3 aromatic rings. The molecule has 0 aliphatic heterocycles. The summed E-state index contributed by atoms with van der Waals surface area (Å²) in [6.07, 6.45) is 1.70. The van der Waals surface area contributed by atoms with Gasteiger partial charge >= 0.3 is 0 Å². The largest absolute Gasteiger partial charge is 0.508 e. The molecule has 0 spiro atoms. The second-order valence-electron chi connectivity index (χ2n) is 4.17. The first-order valence-electron chi connectivity index (χ1n) is 5.76. The first-order valence-corrected chi connectivity index (χ1v) is 5.76. The van der Waals surface area contributed by atoms with Crippen molar-refractivity contribution in [2.75, 3.05) is 5.32 Å². The van der Waals surface area contributed by atoms with E-state index in [1.807, 2.05) is 12.1 Å². The summed E-state index contributed by atoms with van der Waals surface area (Å²) in [5.74, 6) is -0.0841. The average molecular weight is 253 g/mol. The average Bonchev–Trinajstić information content (AvgIpc) is 2.87. The number of hydrogen-bond acceptors (Lipinski definition) is 3. The second kappa shape index (κ2) is 4.45. The van der Waals surface area contributed by atoms with Crippen molar-refractivity contribution < 1.29 is 9.90 Å². The van der Waals surface area contributed by atoms with Gasteiger partial charge in [0.05, 0.1) is 11.7 Å². The monoisotopic (exact) mass is 253 g/mol. The lowest BCUT2D eigenvalue weighted by molar-refractivity contribution is 0.102. The summed E-state index contributed by atoms with van der Waals surface area (Å²) in [4.78, 5) is 12.0. The van der Waals surface area contributed by atoms with Crippen LogP contribution < -0.4 is 5.32 Å². The number of aromatic hydroxyl groups is 1. The maximum Gasteiger partial charge on any atom is 0.255 e. The zero-order valence-corrected chi connectivity index (χ0v) is 9.92. The van der Waals surface area contributed by atoms with Gasteiger partial charge in [-0.15, -0.1) is 0 Å². The summed E-state index contributed by atoms with van der Waals surface area (Å²) < 4.78 is 0. The Morgan fingerprint density at radius 3 is 2.74 bits per heavy atom. The Hall–Kier alpha value is -2.82. The number of nitrogens with zero attached hydrogens (tertiary/aromatic N) is 1. The summed E-state index contributed by atoms with van der Waals surface area (Å²) in [6, 6.07) is 11.6. The van der Waals surface area contributed by atoms with Gasteiger partial charge in [-0.05, 0) is 42.5 Å². The molecule has 94 valence electrons. The normalized spacial score (nSPS) is 10.5. The molecule has 19 heavy (non-hydrogen) atoms. The van der Waals surface area contributed by atoms with Crippen molar-refractivity contribution in [3.8, 4) is 5.75 Å². The molecule has 0 bridgehead atoms. The molecule has 5 heteroatoms. The summed E-state index contributed by atoms with van der Waals surface area (Å²) in [5, 5.41) is 19.7. The Balaban J connectivity index is 1.83. The van der Waals surface area contributed by atoms with E-state index in [1.54, 1.807) is 24.4 Å². The summed E-state index contributed by atoms with van der Waals surface area (Å²) in [5.41, 5.74) is 2.11. The van der Waals surface area contributed by atoms with Crippen molar-refractivity contribution in [1.82, 2.24) is 10.2 Å². The molecule has 3 rings (SSSR count). The van der Waals surface area contributed by atoms with Crippen LogP contribution in [0.4, 0.5) is 5.69 Å². The zero-order chi connectivity index (χ0) is 13.2. The summed E-state index contributed by atoms with van der Waals surface area (Å²) in [6.45, 7) is 0. The van der Waals surface area contributed by atoms with Gasteiger partial charge in [0.1, 0.15) is 5.75 Å². The maximum atomic E-state index is 12.0. The van der Waals surface area contributed by atoms with Crippen LogP contribution in [0.5, 0.6) is 5.75 Å². The van der Waals surface area contributed by atoms with Crippen molar-refractivity contribution in [3.63, 3.8) is 0 Å². The molecular weight excluding hydrogens is 242 g/mol. The van der Waals surface area contributed by atoms with Crippen molar-refractivity contribution in [1.29, 1.82) is 0 Å². The van der Waals surface area contributed by atoms with Crippen LogP contribution in [-0.4, -0.2) is 21.2 Å². The molecule has 0 unspecified atom stereocenters. The third-order valence-electron chi connectivity index (χ3n) is 2.83. The van der Waals surface area contributed by atoms with Crippen LogP contribution in [0.1, 0.15) is 10.4 Å². The first kappa shape index (κ1) is 11.3. The fourth-order valence-corrected chi connectivity index (χ4v) is 1.84. The highest BCUT2D eigenvalue weighted by molar-refractivity contribution is 6.05. The van der Waals surface area contributed by atoms with E-state index in [0.29, 0.717) is 11.3 Å². The molecule has 0 aliphatic rings. The van der Waals surface area contributed by atoms with E-state index in [-0.39, 0.29) is 11.7 Å². The van der Waals surface area contributed by atoms with E-state index in [9.17, 15) is 9.90 Å². The zero-order valence-electron chi connectivity index (χ0n) is 9.92. The van der Waals surface area contributed by atoms with Crippen molar-refractivity contribution >= 4 is 22.5 Å². The molecule has 5 nitrogen and oxygen atoms in total. The number of hydrogen-bond donors (Lipinski definition) is 3. The number of carbonyl (C=O) groups excluding carboxylic acids is 1. The Kier molecular flexibility index (Phi) is 2.64. The van der Waals surface area contributed by atoms with E-state index in [0.717, 1.165) is 10.9 Å². The minimum atomic E-state index is -0.220. The molecule has 3 N–H and O–H groups in total. The van der Waals surface area contributed by atoms with Crippen LogP contribution in [0.25, 0.3) is 10.9 Å². The number of benzene rings is 2. The molecule has 0 radical (unpaired) electrons. The molecule has 0 aliphatic carbocycles. The van der Waals surface area contributed by atoms with Crippen LogP contribution in [0.15, 0.2) is 48.7 Å². The summed E-state index contributed by atoms with van der Waals surface area (Å²) in [7, 11) is 0. The van der Waals surface area contributed by atoms with E-state index in [2.05, 4.69) is 15.5 Å². The Morgan fingerprint density at radius 1 is 1.16 bits per heavy atom.